The SMILES string of the molecule is COC(=O)CC1CNC(=O)CO1. The second kappa shape index (κ2) is 4.06. The van der Waals surface area contributed by atoms with E-state index in [4.69, 9.17) is 4.74 Å². The Morgan fingerprint density at radius 1 is 1.83 bits per heavy atom. The average molecular weight is 173 g/mol. The van der Waals surface area contributed by atoms with Gasteiger partial charge in [0.1, 0.15) is 6.61 Å². The third-order valence-corrected chi connectivity index (χ3v) is 1.60. The molecule has 1 unspecified atom stereocenters. The zero-order valence-corrected chi connectivity index (χ0v) is 6.83. The highest BCUT2D eigenvalue weighted by atomic mass is 16.5. The molecule has 0 radical (unpaired) electrons. The van der Waals surface area contributed by atoms with Crippen LogP contribution in [0.1, 0.15) is 6.42 Å². The Bertz CT molecular complexity index is 182. The van der Waals surface area contributed by atoms with Crippen molar-refractivity contribution in [3.8, 4) is 0 Å². The van der Waals surface area contributed by atoms with Crippen molar-refractivity contribution >= 4 is 11.9 Å². The summed E-state index contributed by atoms with van der Waals surface area (Å²) in [5.74, 6) is -0.465. The van der Waals surface area contributed by atoms with Gasteiger partial charge in [-0.25, -0.2) is 0 Å². The Kier molecular flexibility index (Phi) is 3.04. The van der Waals surface area contributed by atoms with Crippen LogP contribution < -0.4 is 5.32 Å². The van der Waals surface area contributed by atoms with Crippen LogP contribution >= 0.6 is 0 Å². The maximum Gasteiger partial charge on any atom is 0.308 e. The van der Waals surface area contributed by atoms with Gasteiger partial charge in [-0.15, -0.1) is 0 Å². The number of rotatable bonds is 2. The van der Waals surface area contributed by atoms with E-state index in [0.29, 0.717) is 6.54 Å². The third-order valence-electron chi connectivity index (χ3n) is 1.60. The largest absolute Gasteiger partial charge is 0.469 e. The third kappa shape index (κ3) is 2.50. The molecular formula is C7H11NO4. The van der Waals surface area contributed by atoms with Crippen LogP contribution in [0.25, 0.3) is 0 Å². The van der Waals surface area contributed by atoms with Crippen molar-refractivity contribution in [2.24, 2.45) is 0 Å². The molecule has 1 rings (SSSR count). The lowest BCUT2D eigenvalue weighted by molar-refractivity contribution is -0.147. The summed E-state index contributed by atoms with van der Waals surface area (Å²) in [4.78, 5) is 21.4. The molecule has 1 aliphatic heterocycles. The molecule has 1 saturated heterocycles. The molecule has 5 heteroatoms. The van der Waals surface area contributed by atoms with E-state index in [1.165, 1.54) is 7.11 Å². The van der Waals surface area contributed by atoms with Crippen LogP contribution in [-0.4, -0.2) is 38.2 Å². The molecule has 1 heterocycles. The summed E-state index contributed by atoms with van der Waals surface area (Å²) >= 11 is 0. The molecular weight excluding hydrogens is 162 g/mol. The minimum atomic E-state index is -0.323. The molecule has 1 fully saturated rings. The van der Waals surface area contributed by atoms with Crippen molar-refractivity contribution in [2.75, 3.05) is 20.3 Å². The highest BCUT2D eigenvalue weighted by Crippen LogP contribution is 2.02. The number of amides is 1. The van der Waals surface area contributed by atoms with Crippen molar-refractivity contribution in [1.29, 1.82) is 0 Å². The normalized spacial score (nSPS) is 23.1. The van der Waals surface area contributed by atoms with Gasteiger partial charge >= 0.3 is 5.97 Å². The number of nitrogens with one attached hydrogen (secondary N) is 1. The van der Waals surface area contributed by atoms with E-state index in [0.717, 1.165) is 0 Å². The Balaban J connectivity index is 2.26. The van der Waals surface area contributed by atoms with Crippen LogP contribution in [-0.2, 0) is 19.1 Å². The first-order valence-electron chi connectivity index (χ1n) is 3.67. The maximum atomic E-state index is 10.7. The molecule has 12 heavy (non-hydrogen) atoms. The average Bonchev–Trinajstić information content (AvgIpc) is 2.09. The number of morpholine rings is 1. The van der Waals surface area contributed by atoms with Gasteiger partial charge in [-0.1, -0.05) is 0 Å². The van der Waals surface area contributed by atoms with Crippen molar-refractivity contribution in [2.45, 2.75) is 12.5 Å². The second-order valence-corrected chi connectivity index (χ2v) is 2.52. The van der Waals surface area contributed by atoms with E-state index in [2.05, 4.69) is 10.1 Å². The van der Waals surface area contributed by atoms with Crippen LogP contribution in [0.15, 0.2) is 0 Å². The minimum Gasteiger partial charge on any atom is -0.469 e. The molecule has 0 bridgehead atoms. The summed E-state index contributed by atoms with van der Waals surface area (Å²) in [5.41, 5.74) is 0. The van der Waals surface area contributed by atoms with Gasteiger partial charge in [0.2, 0.25) is 5.91 Å². The topological polar surface area (TPSA) is 64.6 Å². The first-order chi connectivity index (χ1) is 5.72. The number of ether oxygens (including phenoxy) is 2. The van der Waals surface area contributed by atoms with E-state index in [9.17, 15) is 9.59 Å². The molecule has 0 aromatic heterocycles. The van der Waals surface area contributed by atoms with Gasteiger partial charge in [0.15, 0.2) is 0 Å². The lowest BCUT2D eigenvalue weighted by Gasteiger charge is -2.21. The fourth-order valence-electron chi connectivity index (χ4n) is 0.931. The smallest absolute Gasteiger partial charge is 0.308 e. The molecule has 1 amide bonds. The second-order valence-electron chi connectivity index (χ2n) is 2.52. The number of esters is 1. The Hall–Kier alpha value is -1.10. The highest BCUT2D eigenvalue weighted by molar-refractivity contribution is 5.78. The molecule has 1 aliphatic rings. The van der Waals surface area contributed by atoms with Gasteiger partial charge in [-0.2, -0.15) is 0 Å². The molecule has 68 valence electrons. The van der Waals surface area contributed by atoms with Gasteiger partial charge in [-0.3, -0.25) is 9.59 Å². The predicted molar refractivity (Wildman–Crippen MR) is 39.4 cm³/mol. The Labute approximate surface area is 70.0 Å². The number of hydrogen-bond donors (Lipinski definition) is 1. The standard InChI is InChI=1S/C7H11NO4/c1-11-7(10)2-5-3-8-6(9)4-12-5/h5H,2-4H2,1H3,(H,8,9). The zero-order valence-electron chi connectivity index (χ0n) is 6.83. The summed E-state index contributed by atoms with van der Waals surface area (Å²) in [5, 5.41) is 2.59. The van der Waals surface area contributed by atoms with Crippen molar-refractivity contribution < 1.29 is 19.1 Å². The minimum absolute atomic E-state index is 0.0294. The molecule has 0 aromatic rings. The molecule has 0 saturated carbocycles. The number of methoxy groups -OCH3 is 1. The lowest BCUT2D eigenvalue weighted by Crippen LogP contribution is -2.43. The van der Waals surface area contributed by atoms with Crippen molar-refractivity contribution in [3.05, 3.63) is 0 Å². The fourth-order valence-corrected chi connectivity index (χ4v) is 0.931. The van der Waals surface area contributed by atoms with Gasteiger partial charge in [0.25, 0.3) is 0 Å². The van der Waals surface area contributed by atoms with E-state index < -0.39 is 0 Å². The summed E-state index contributed by atoms with van der Waals surface area (Å²) in [6.45, 7) is 0.412. The van der Waals surface area contributed by atoms with Crippen molar-refractivity contribution in [1.82, 2.24) is 5.32 Å². The highest BCUT2D eigenvalue weighted by Gasteiger charge is 2.21. The zero-order chi connectivity index (χ0) is 8.97. The summed E-state index contributed by atoms with van der Waals surface area (Å²) in [6, 6.07) is 0. The monoisotopic (exact) mass is 173 g/mol. The summed E-state index contributed by atoms with van der Waals surface area (Å²) in [7, 11) is 1.32. The quantitative estimate of drug-likeness (QED) is 0.547. The Morgan fingerprint density at radius 3 is 3.08 bits per heavy atom. The van der Waals surface area contributed by atoms with Gasteiger partial charge < -0.3 is 14.8 Å². The molecule has 1 atom stereocenters. The van der Waals surface area contributed by atoms with E-state index in [1.54, 1.807) is 0 Å². The van der Waals surface area contributed by atoms with Crippen molar-refractivity contribution in [3.63, 3.8) is 0 Å². The predicted octanol–water partition coefficient (Wildman–Crippen LogP) is -0.935. The van der Waals surface area contributed by atoms with Crippen LogP contribution in [0.5, 0.6) is 0 Å². The summed E-state index contributed by atoms with van der Waals surface area (Å²) < 4.78 is 9.50. The first kappa shape index (κ1) is 8.99. The molecule has 1 N–H and O–H groups in total. The first-order valence-corrected chi connectivity index (χ1v) is 3.67. The number of carbonyl (C=O) groups is 2. The van der Waals surface area contributed by atoms with Gasteiger partial charge in [0.05, 0.1) is 19.6 Å². The van der Waals surface area contributed by atoms with E-state index in [-0.39, 0.29) is 31.0 Å². The lowest BCUT2D eigenvalue weighted by atomic mass is 10.2. The van der Waals surface area contributed by atoms with Crippen LogP contribution in [0, 0.1) is 0 Å². The molecule has 0 aromatic carbocycles. The van der Waals surface area contributed by atoms with Crippen LogP contribution in [0.3, 0.4) is 0 Å². The number of hydrogen-bond acceptors (Lipinski definition) is 4. The van der Waals surface area contributed by atoms with Gasteiger partial charge in [-0.05, 0) is 0 Å². The van der Waals surface area contributed by atoms with E-state index >= 15 is 0 Å². The number of carbonyl (C=O) groups excluding carboxylic acids is 2. The maximum absolute atomic E-state index is 10.7. The summed E-state index contributed by atoms with van der Waals surface area (Å²) in [6.07, 6.45) is -0.0494. The van der Waals surface area contributed by atoms with E-state index in [1.807, 2.05) is 0 Å². The van der Waals surface area contributed by atoms with Crippen LogP contribution in [0.2, 0.25) is 0 Å². The Morgan fingerprint density at radius 2 is 2.58 bits per heavy atom. The fraction of sp³-hybridized carbons (Fsp3) is 0.714. The van der Waals surface area contributed by atoms with Crippen LogP contribution in [0.4, 0.5) is 0 Å². The van der Waals surface area contributed by atoms with Gasteiger partial charge in [0, 0.05) is 6.54 Å². The molecule has 5 nitrogen and oxygen atoms in total. The molecule has 0 aliphatic carbocycles. The molecule has 0 spiro atoms.